The highest BCUT2D eigenvalue weighted by Gasteiger charge is 2.28. The summed E-state index contributed by atoms with van der Waals surface area (Å²) in [5.41, 5.74) is -0.815. The highest BCUT2D eigenvalue weighted by molar-refractivity contribution is 5.97. The molecule has 0 aromatic heterocycles. The summed E-state index contributed by atoms with van der Waals surface area (Å²) in [4.78, 5) is 46.3. The van der Waals surface area contributed by atoms with E-state index in [1.54, 1.807) is 0 Å². The van der Waals surface area contributed by atoms with Crippen LogP contribution in [-0.4, -0.2) is 42.5 Å². The smallest absolute Gasteiger partial charge is 0.338 e. The molecule has 0 spiro atoms. The van der Waals surface area contributed by atoms with Crippen LogP contribution in [0.1, 0.15) is 53.8 Å². The Hall–Kier alpha value is -2.97. The van der Waals surface area contributed by atoms with Crippen molar-refractivity contribution in [3.05, 3.63) is 39.4 Å². The summed E-state index contributed by atoms with van der Waals surface area (Å²) in [6.07, 6.45) is 3.02. The van der Waals surface area contributed by atoms with Gasteiger partial charge in [-0.3, -0.25) is 14.9 Å². The fourth-order valence-electron chi connectivity index (χ4n) is 3.32. The van der Waals surface area contributed by atoms with Crippen molar-refractivity contribution >= 4 is 23.5 Å². The van der Waals surface area contributed by atoms with Crippen LogP contribution < -0.4 is 5.32 Å². The number of rotatable bonds is 6. The summed E-state index contributed by atoms with van der Waals surface area (Å²) < 4.78 is 9.50. The minimum absolute atomic E-state index is 0.0266. The van der Waals surface area contributed by atoms with E-state index in [1.165, 1.54) is 0 Å². The number of nitro benzene ring substituents is 1. The van der Waals surface area contributed by atoms with Crippen molar-refractivity contribution in [2.24, 2.45) is 11.8 Å². The van der Waals surface area contributed by atoms with Crippen LogP contribution in [0.15, 0.2) is 18.2 Å². The Balaban J connectivity index is 2.02. The molecule has 1 N–H and O–H groups in total. The first-order chi connectivity index (χ1) is 13.2. The van der Waals surface area contributed by atoms with Gasteiger partial charge < -0.3 is 14.8 Å². The number of nitrogens with zero attached hydrogens (tertiary/aromatic N) is 1. The number of hydrogen-bond acceptors (Lipinski definition) is 7. The molecule has 1 aliphatic rings. The third-order valence-electron chi connectivity index (χ3n) is 5.17. The predicted molar refractivity (Wildman–Crippen MR) is 98.8 cm³/mol. The van der Waals surface area contributed by atoms with Crippen LogP contribution in [-0.2, 0) is 14.3 Å². The average Bonchev–Trinajstić information content (AvgIpc) is 2.68. The Labute approximate surface area is 162 Å². The largest absolute Gasteiger partial charge is 0.465 e. The molecule has 1 saturated carbocycles. The van der Waals surface area contributed by atoms with Crippen molar-refractivity contribution in [1.29, 1.82) is 0 Å². The third kappa shape index (κ3) is 5.28. The maximum absolute atomic E-state index is 12.2. The van der Waals surface area contributed by atoms with E-state index in [0.717, 1.165) is 44.6 Å². The fourth-order valence-corrected chi connectivity index (χ4v) is 3.32. The van der Waals surface area contributed by atoms with Crippen LogP contribution >= 0.6 is 0 Å². The number of nitrogens with one attached hydrogen (secondary N) is 1. The number of carbonyl (C=O) groups is 3. The minimum Gasteiger partial charge on any atom is -0.465 e. The molecule has 0 bridgehead atoms. The molecule has 3 atom stereocenters. The van der Waals surface area contributed by atoms with Crippen LogP contribution in [0.5, 0.6) is 0 Å². The van der Waals surface area contributed by atoms with Crippen LogP contribution in [0, 0.1) is 22.0 Å². The average molecular weight is 392 g/mol. The zero-order valence-corrected chi connectivity index (χ0v) is 16.1. The minimum atomic E-state index is -0.936. The van der Waals surface area contributed by atoms with Gasteiger partial charge in [0.25, 0.3) is 11.6 Å². The monoisotopic (exact) mass is 392 g/mol. The molecule has 152 valence electrons. The number of carbonyl (C=O) groups excluding carboxylic acids is 3. The Bertz CT molecular complexity index is 778. The van der Waals surface area contributed by atoms with Crippen molar-refractivity contribution in [2.75, 3.05) is 13.7 Å². The highest BCUT2D eigenvalue weighted by Crippen LogP contribution is 2.29. The maximum atomic E-state index is 12.2. The summed E-state index contributed by atoms with van der Waals surface area (Å²) in [7, 11) is 1.12. The van der Waals surface area contributed by atoms with Crippen LogP contribution in [0.4, 0.5) is 5.69 Å². The molecule has 9 heteroatoms. The second-order valence-corrected chi connectivity index (χ2v) is 7.03. The molecule has 1 aliphatic carbocycles. The molecule has 1 fully saturated rings. The molecular formula is C19H24N2O7. The van der Waals surface area contributed by atoms with Gasteiger partial charge in [-0.15, -0.1) is 0 Å². The summed E-state index contributed by atoms with van der Waals surface area (Å²) in [5.74, 6) is -1.36. The van der Waals surface area contributed by atoms with Crippen LogP contribution in [0.2, 0.25) is 0 Å². The molecule has 9 nitrogen and oxygen atoms in total. The summed E-state index contributed by atoms with van der Waals surface area (Å²) in [5, 5.41) is 13.9. The number of ether oxygens (including phenoxy) is 2. The van der Waals surface area contributed by atoms with E-state index in [4.69, 9.17) is 4.74 Å². The molecule has 0 saturated heterocycles. The molecule has 0 radical (unpaired) electrons. The van der Waals surface area contributed by atoms with E-state index < -0.39 is 35.1 Å². The summed E-state index contributed by atoms with van der Waals surface area (Å²) in [6.45, 7) is 3.72. The standard InChI is InChI=1S/C19H24N2O7/c1-11-5-4-6-16(12(11)2)20-17(22)10-28-19(24)14-7-13(18(23)27-3)8-15(9-14)21(25)26/h7-9,11-12,16H,4-6,10H2,1-3H3,(H,20,22)/t11-,12-,16+/m1/s1. The van der Waals surface area contributed by atoms with Gasteiger partial charge in [0.05, 0.1) is 23.2 Å². The first-order valence-electron chi connectivity index (χ1n) is 9.07. The van der Waals surface area contributed by atoms with E-state index in [9.17, 15) is 24.5 Å². The topological polar surface area (TPSA) is 125 Å². The van der Waals surface area contributed by atoms with Gasteiger partial charge in [-0.1, -0.05) is 26.7 Å². The molecule has 1 aromatic rings. The van der Waals surface area contributed by atoms with Gasteiger partial charge in [0.15, 0.2) is 6.61 Å². The van der Waals surface area contributed by atoms with E-state index in [-0.39, 0.29) is 17.2 Å². The summed E-state index contributed by atoms with van der Waals surface area (Å²) >= 11 is 0. The van der Waals surface area contributed by atoms with Crippen LogP contribution in [0.25, 0.3) is 0 Å². The lowest BCUT2D eigenvalue weighted by atomic mass is 9.78. The number of amides is 1. The van der Waals surface area contributed by atoms with E-state index in [2.05, 4.69) is 23.9 Å². The number of methoxy groups -OCH3 is 1. The summed E-state index contributed by atoms with van der Waals surface area (Å²) in [6, 6.07) is 3.14. The van der Waals surface area contributed by atoms with E-state index in [0.29, 0.717) is 11.8 Å². The van der Waals surface area contributed by atoms with Gasteiger partial charge in [-0.05, 0) is 24.3 Å². The van der Waals surface area contributed by atoms with E-state index >= 15 is 0 Å². The lowest BCUT2D eigenvalue weighted by molar-refractivity contribution is -0.384. The number of benzene rings is 1. The van der Waals surface area contributed by atoms with Gasteiger partial charge in [-0.2, -0.15) is 0 Å². The molecule has 2 rings (SSSR count). The zero-order valence-electron chi connectivity index (χ0n) is 16.1. The Morgan fingerprint density at radius 3 is 2.39 bits per heavy atom. The van der Waals surface area contributed by atoms with Gasteiger partial charge in [0.2, 0.25) is 0 Å². The number of nitro groups is 1. The highest BCUT2D eigenvalue weighted by atomic mass is 16.6. The second kappa shape index (κ2) is 9.29. The second-order valence-electron chi connectivity index (χ2n) is 7.03. The molecule has 1 aromatic carbocycles. The normalized spacial score (nSPS) is 21.5. The Morgan fingerprint density at radius 1 is 1.14 bits per heavy atom. The quantitative estimate of drug-likeness (QED) is 0.448. The van der Waals surface area contributed by atoms with Crippen molar-refractivity contribution in [2.45, 2.75) is 39.2 Å². The number of non-ortho nitro benzene ring substituents is 1. The number of hydrogen-bond donors (Lipinski definition) is 1. The molecule has 0 aliphatic heterocycles. The lowest BCUT2D eigenvalue weighted by Gasteiger charge is -2.34. The van der Waals surface area contributed by atoms with Crippen molar-refractivity contribution in [3.8, 4) is 0 Å². The van der Waals surface area contributed by atoms with Crippen molar-refractivity contribution < 1.29 is 28.8 Å². The van der Waals surface area contributed by atoms with E-state index in [1.807, 2.05) is 0 Å². The first-order valence-corrected chi connectivity index (χ1v) is 9.07. The predicted octanol–water partition coefficient (Wildman–Crippen LogP) is 2.48. The SMILES string of the molecule is COC(=O)c1cc(C(=O)OCC(=O)N[C@H]2CCC[C@@H](C)[C@H]2C)cc([N+](=O)[O-])c1. The van der Waals surface area contributed by atoms with Crippen LogP contribution in [0.3, 0.4) is 0 Å². The molecular weight excluding hydrogens is 368 g/mol. The molecule has 0 heterocycles. The first kappa shape index (κ1) is 21.3. The fraction of sp³-hybridized carbons (Fsp3) is 0.526. The maximum Gasteiger partial charge on any atom is 0.338 e. The number of esters is 2. The van der Waals surface area contributed by atoms with Crippen molar-refractivity contribution in [3.63, 3.8) is 0 Å². The van der Waals surface area contributed by atoms with Crippen molar-refractivity contribution in [1.82, 2.24) is 5.32 Å². The van der Waals surface area contributed by atoms with Gasteiger partial charge in [0, 0.05) is 18.2 Å². The van der Waals surface area contributed by atoms with Gasteiger partial charge >= 0.3 is 11.9 Å². The Morgan fingerprint density at radius 2 is 1.79 bits per heavy atom. The zero-order chi connectivity index (χ0) is 20.8. The van der Waals surface area contributed by atoms with Gasteiger partial charge in [0.1, 0.15) is 0 Å². The third-order valence-corrected chi connectivity index (χ3v) is 5.17. The lowest BCUT2D eigenvalue weighted by Crippen LogP contribution is -2.45. The molecule has 1 amide bonds. The Kier molecular flexibility index (Phi) is 7.08. The molecule has 28 heavy (non-hydrogen) atoms. The molecule has 0 unspecified atom stereocenters. The van der Waals surface area contributed by atoms with Gasteiger partial charge in [-0.25, -0.2) is 9.59 Å².